The summed E-state index contributed by atoms with van der Waals surface area (Å²) >= 11 is 0. The predicted molar refractivity (Wildman–Crippen MR) is 99.6 cm³/mol. The standard InChI is InChI=1S/C20H26N4O2/c25-19(26)13-24(12-14-6-7-14)18-8-16(9-18)21-10-17-11-22-20(23-17)15-4-2-1-3-5-15/h1-5,11,14,16,18,21H,6-10,12-13H2,(H,22,23)(H,25,26). The van der Waals surface area contributed by atoms with Crippen molar-refractivity contribution in [3.05, 3.63) is 42.2 Å². The number of aliphatic carboxylic acids is 1. The molecular weight excluding hydrogens is 328 g/mol. The average molecular weight is 354 g/mol. The number of hydrogen-bond acceptors (Lipinski definition) is 4. The van der Waals surface area contributed by atoms with E-state index in [2.05, 4.69) is 20.2 Å². The molecule has 0 radical (unpaired) electrons. The van der Waals surface area contributed by atoms with E-state index < -0.39 is 5.97 Å². The highest BCUT2D eigenvalue weighted by Crippen LogP contribution is 2.33. The van der Waals surface area contributed by atoms with Gasteiger partial charge in [0.2, 0.25) is 0 Å². The summed E-state index contributed by atoms with van der Waals surface area (Å²) in [5, 5.41) is 12.7. The second-order valence-corrected chi connectivity index (χ2v) is 7.59. The van der Waals surface area contributed by atoms with Crippen molar-refractivity contribution in [3.63, 3.8) is 0 Å². The number of carboxylic acid groups (broad SMARTS) is 1. The van der Waals surface area contributed by atoms with Crippen LogP contribution in [0.2, 0.25) is 0 Å². The molecule has 6 nitrogen and oxygen atoms in total. The van der Waals surface area contributed by atoms with Crippen LogP contribution in [0.25, 0.3) is 11.4 Å². The molecule has 0 bridgehead atoms. The number of carbonyl (C=O) groups is 1. The molecule has 1 aromatic heterocycles. The van der Waals surface area contributed by atoms with Gasteiger partial charge in [-0.1, -0.05) is 30.3 Å². The van der Waals surface area contributed by atoms with E-state index >= 15 is 0 Å². The summed E-state index contributed by atoms with van der Waals surface area (Å²) in [5.74, 6) is 0.904. The molecule has 0 spiro atoms. The fraction of sp³-hybridized carbons (Fsp3) is 0.500. The van der Waals surface area contributed by atoms with Gasteiger partial charge in [0.25, 0.3) is 0 Å². The van der Waals surface area contributed by atoms with Crippen molar-refractivity contribution in [3.8, 4) is 11.4 Å². The van der Waals surface area contributed by atoms with Gasteiger partial charge in [0.05, 0.1) is 6.54 Å². The molecule has 26 heavy (non-hydrogen) atoms. The van der Waals surface area contributed by atoms with Crippen LogP contribution in [0, 0.1) is 5.92 Å². The molecule has 1 heterocycles. The molecule has 0 atom stereocenters. The third-order valence-corrected chi connectivity index (χ3v) is 5.41. The van der Waals surface area contributed by atoms with Crippen LogP contribution in [0.3, 0.4) is 0 Å². The van der Waals surface area contributed by atoms with Gasteiger partial charge >= 0.3 is 5.97 Å². The lowest BCUT2D eigenvalue weighted by Gasteiger charge is -2.43. The van der Waals surface area contributed by atoms with Gasteiger partial charge in [0.15, 0.2) is 0 Å². The van der Waals surface area contributed by atoms with Crippen LogP contribution in [-0.4, -0.2) is 51.1 Å². The zero-order valence-corrected chi connectivity index (χ0v) is 14.9. The van der Waals surface area contributed by atoms with E-state index in [0.717, 1.165) is 48.9 Å². The first-order valence-corrected chi connectivity index (χ1v) is 9.46. The number of aromatic amines is 1. The molecule has 2 aliphatic carbocycles. The third-order valence-electron chi connectivity index (χ3n) is 5.41. The molecule has 0 aliphatic heterocycles. The van der Waals surface area contributed by atoms with Gasteiger partial charge in [-0.25, -0.2) is 4.98 Å². The van der Waals surface area contributed by atoms with Crippen LogP contribution in [-0.2, 0) is 11.3 Å². The van der Waals surface area contributed by atoms with Gasteiger partial charge in [-0.3, -0.25) is 9.69 Å². The fourth-order valence-corrected chi connectivity index (χ4v) is 3.65. The van der Waals surface area contributed by atoms with Crippen molar-refractivity contribution in [1.29, 1.82) is 0 Å². The van der Waals surface area contributed by atoms with Crippen LogP contribution in [0.15, 0.2) is 36.5 Å². The van der Waals surface area contributed by atoms with Crippen LogP contribution in [0.4, 0.5) is 0 Å². The molecule has 0 saturated heterocycles. The number of benzene rings is 1. The zero-order valence-electron chi connectivity index (χ0n) is 14.9. The zero-order chi connectivity index (χ0) is 17.9. The Balaban J connectivity index is 1.24. The number of imidazole rings is 1. The maximum Gasteiger partial charge on any atom is 0.317 e. The largest absolute Gasteiger partial charge is 0.480 e. The minimum Gasteiger partial charge on any atom is -0.480 e. The molecular formula is C20H26N4O2. The molecule has 2 saturated carbocycles. The van der Waals surface area contributed by atoms with Crippen molar-refractivity contribution in [2.75, 3.05) is 13.1 Å². The van der Waals surface area contributed by atoms with Crippen molar-refractivity contribution >= 4 is 5.97 Å². The van der Waals surface area contributed by atoms with E-state index in [1.165, 1.54) is 12.8 Å². The lowest BCUT2D eigenvalue weighted by atomic mass is 9.85. The topological polar surface area (TPSA) is 81.2 Å². The van der Waals surface area contributed by atoms with Crippen LogP contribution in [0.5, 0.6) is 0 Å². The quantitative estimate of drug-likeness (QED) is 0.645. The number of rotatable bonds is 9. The molecule has 4 rings (SSSR count). The highest BCUT2D eigenvalue weighted by atomic mass is 16.4. The number of nitrogens with zero attached hydrogens (tertiary/aromatic N) is 2. The molecule has 1 aromatic carbocycles. The van der Waals surface area contributed by atoms with E-state index in [9.17, 15) is 4.79 Å². The summed E-state index contributed by atoms with van der Waals surface area (Å²) < 4.78 is 0. The number of hydrogen-bond donors (Lipinski definition) is 3. The molecule has 2 aliphatic rings. The van der Waals surface area contributed by atoms with E-state index in [4.69, 9.17) is 5.11 Å². The van der Waals surface area contributed by atoms with E-state index in [1.807, 2.05) is 36.5 Å². The predicted octanol–water partition coefficient (Wildman–Crippen LogP) is 2.49. The van der Waals surface area contributed by atoms with Gasteiger partial charge in [-0.2, -0.15) is 0 Å². The second kappa shape index (κ2) is 7.60. The van der Waals surface area contributed by atoms with Gasteiger partial charge < -0.3 is 15.4 Å². The van der Waals surface area contributed by atoms with Gasteiger partial charge in [0.1, 0.15) is 5.82 Å². The third kappa shape index (κ3) is 4.31. The normalized spacial score (nSPS) is 22.3. The Morgan fingerprint density at radius 1 is 1.27 bits per heavy atom. The number of nitrogens with one attached hydrogen (secondary N) is 2. The van der Waals surface area contributed by atoms with Gasteiger partial charge in [-0.15, -0.1) is 0 Å². The first-order valence-electron chi connectivity index (χ1n) is 9.46. The summed E-state index contributed by atoms with van der Waals surface area (Å²) in [7, 11) is 0. The van der Waals surface area contributed by atoms with E-state index in [0.29, 0.717) is 12.1 Å². The summed E-state index contributed by atoms with van der Waals surface area (Å²) in [6.07, 6.45) is 6.46. The van der Waals surface area contributed by atoms with Crippen LogP contribution >= 0.6 is 0 Å². The molecule has 2 fully saturated rings. The van der Waals surface area contributed by atoms with Gasteiger partial charge in [0, 0.05) is 42.6 Å². The number of aromatic nitrogens is 2. The summed E-state index contributed by atoms with van der Waals surface area (Å²) in [6, 6.07) is 11.0. The minimum atomic E-state index is -0.715. The highest BCUT2D eigenvalue weighted by Gasteiger charge is 2.36. The lowest BCUT2D eigenvalue weighted by molar-refractivity contribution is -0.139. The minimum absolute atomic E-state index is 0.175. The maximum atomic E-state index is 11.1. The Labute approximate surface area is 153 Å². The van der Waals surface area contributed by atoms with E-state index in [-0.39, 0.29) is 6.54 Å². The monoisotopic (exact) mass is 354 g/mol. The maximum absolute atomic E-state index is 11.1. The Morgan fingerprint density at radius 3 is 2.73 bits per heavy atom. The van der Waals surface area contributed by atoms with Crippen molar-refractivity contribution < 1.29 is 9.90 Å². The first kappa shape index (κ1) is 17.2. The molecule has 6 heteroatoms. The average Bonchev–Trinajstić information content (AvgIpc) is 3.28. The smallest absolute Gasteiger partial charge is 0.317 e. The molecule has 2 aromatic rings. The summed E-state index contributed by atoms with van der Waals surface area (Å²) in [4.78, 5) is 21.1. The van der Waals surface area contributed by atoms with Crippen LogP contribution < -0.4 is 5.32 Å². The molecule has 3 N–H and O–H groups in total. The van der Waals surface area contributed by atoms with Crippen LogP contribution in [0.1, 0.15) is 31.4 Å². The number of carboxylic acids is 1. The number of H-pyrrole nitrogens is 1. The van der Waals surface area contributed by atoms with Crippen molar-refractivity contribution in [1.82, 2.24) is 20.2 Å². The SMILES string of the molecule is O=C(O)CN(CC1CC1)C1CC(NCc2cnc(-c3ccccc3)[nH]2)C1. The lowest BCUT2D eigenvalue weighted by Crippen LogP contribution is -2.54. The fourth-order valence-electron chi connectivity index (χ4n) is 3.65. The highest BCUT2D eigenvalue weighted by molar-refractivity contribution is 5.69. The Kier molecular flexibility index (Phi) is 5.04. The Hall–Kier alpha value is -2.18. The first-order chi connectivity index (χ1) is 12.7. The van der Waals surface area contributed by atoms with Crippen molar-refractivity contribution in [2.45, 2.75) is 44.3 Å². The Morgan fingerprint density at radius 2 is 2.04 bits per heavy atom. The van der Waals surface area contributed by atoms with Gasteiger partial charge in [-0.05, 0) is 31.6 Å². The second-order valence-electron chi connectivity index (χ2n) is 7.59. The van der Waals surface area contributed by atoms with Crippen molar-refractivity contribution in [2.24, 2.45) is 5.92 Å². The molecule has 0 amide bonds. The molecule has 138 valence electrons. The Bertz CT molecular complexity index is 735. The van der Waals surface area contributed by atoms with E-state index in [1.54, 1.807) is 0 Å². The summed E-state index contributed by atoms with van der Waals surface area (Å²) in [6.45, 7) is 1.89. The molecule has 0 unspecified atom stereocenters. The summed E-state index contributed by atoms with van der Waals surface area (Å²) in [5.41, 5.74) is 2.17.